The summed E-state index contributed by atoms with van der Waals surface area (Å²) in [5.41, 5.74) is -0.659. The molecule has 0 radical (unpaired) electrons. The summed E-state index contributed by atoms with van der Waals surface area (Å²) >= 11 is 0. The summed E-state index contributed by atoms with van der Waals surface area (Å²) in [5, 5.41) is 2.28. The third-order valence-corrected chi connectivity index (χ3v) is 6.81. The van der Waals surface area contributed by atoms with E-state index in [1.807, 2.05) is 0 Å². The molecule has 0 unspecified atom stereocenters. The predicted molar refractivity (Wildman–Crippen MR) is 110 cm³/mol. The second-order valence-corrected chi connectivity index (χ2v) is 9.25. The normalized spacial score (nSPS) is 15.8. The number of nitrogens with zero attached hydrogens (tertiary/aromatic N) is 1. The number of sulfonamides is 1. The number of carbonyl (C=O) groups excluding carboxylic acids is 1. The lowest BCUT2D eigenvalue weighted by molar-refractivity contribution is -0.153. The number of alkyl halides is 3. The maximum Gasteiger partial charge on any atom is 0.422 e. The van der Waals surface area contributed by atoms with Crippen molar-refractivity contribution in [2.75, 3.05) is 25.0 Å². The van der Waals surface area contributed by atoms with Crippen LogP contribution in [-0.4, -0.2) is 44.5 Å². The van der Waals surface area contributed by atoms with Crippen LogP contribution in [0.15, 0.2) is 47.4 Å². The molecule has 1 aliphatic rings. The fourth-order valence-corrected chi connectivity index (χ4v) is 4.86. The minimum atomic E-state index is -4.65. The van der Waals surface area contributed by atoms with Crippen molar-refractivity contribution in [3.63, 3.8) is 0 Å². The molecular formula is C21H22F4N2O4S. The highest BCUT2D eigenvalue weighted by atomic mass is 32.2. The van der Waals surface area contributed by atoms with E-state index in [2.05, 4.69) is 5.32 Å². The number of nitrogens with one attached hydrogen (secondary N) is 1. The summed E-state index contributed by atoms with van der Waals surface area (Å²) in [4.78, 5) is 12.3. The minimum absolute atomic E-state index is 0.206. The van der Waals surface area contributed by atoms with Gasteiger partial charge < -0.3 is 10.1 Å². The predicted octanol–water partition coefficient (Wildman–Crippen LogP) is 4.58. The van der Waals surface area contributed by atoms with Crippen LogP contribution in [0.5, 0.6) is 5.75 Å². The van der Waals surface area contributed by atoms with E-state index < -0.39 is 34.5 Å². The van der Waals surface area contributed by atoms with Crippen LogP contribution in [-0.2, 0) is 10.0 Å². The lowest BCUT2D eigenvalue weighted by Gasteiger charge is -2.21. The van der Waals surface area contributed by atoms with E-state index in [0.29, 0.717) is 25.9 Å². The Labute approximate surface area is 183 Å². The van der Waals surface area contributed by atoms with Crippen molar-refractivity contribution in [1.82, 2.24) is 4.31 Å². The first-order chi connectivity index (χ1) is 15.1. The molecule has 1 fully saturated rings. The molecular weight excluding hydrogens is 452 g/mol. The van der Waals surface area contributed by atoms with E-state index in [1.165, 1.54) is 22.5 Å². The monoisotopic (exact) mass is 474 g/mol. The second-order valence-electron chi connectivity index (χ2n) is 7.31. The zero-order valence-corrected chi connectivity index (χ0v) is 17.8. The molecule has 0 saturated carbocycles. The Morgan fingerprint density at radius 1 is 1.03 bits per heavy atom. The molecule has 0 atom stereocenters. The highest BCUT2D eigenvalue weighted by Gasteiger charge is 2.30. The Kier molecular flexibility index (Phi) is 7.40. The number of hydrogen-bond acceptors (Lipinski definition) is 4. The third kappa shape index (κ3) is 5.98. The summed E-state index contributed by atoms with van der Waals surface area (Å²) in [5.74, 6) is -2.18. The van der Waals surface area contributed by atoms with Gasteiger partial charge in [0.2, 0.25) is 10.0 Å². The Bertz CT molecular complexity index is 1070. The summed E-state index contributed by atoms with van der Waals surface area (Å²) in [6, 6.07) is 8.25. The van der Waals surface area contributed by atoms with Gasteiger partial charge in [-0.05, 0) is 43.2 Å². The first-order valence-corrected chi connectivity index (χ1v) is 11.4. The largest absolute Gasteiger partial charge is 0.482 e. The van der Waals surface area contributed by atoms with Crippen molar-refractivity contribution in [3.05, 3.63) is 53.8 Å². The number of carbonyl (C=O) groups is 1. The van der Waals surface area contributed by atoms with Crippen molar-refractivity contribution < 1.29 is 35.5 Å². The van der Waals surface area contributed by atoms with Crippen LogP contribution in [0.2, 0.25) is 0 Å². The molecule has 1 aliphatic heterocycles. The van der Waals surface area contributed by atoms with Gasteiger partial charge in [0.1, 0.15) is 11.6 Å². The van der Waals surface area contributed by atoms with Gasteiger partial charge in [-0.25, -0.2) is 12.8 Å². The molecule has 1 amide bonds. The quantitative estimate of drug-likeness (QED) is 0.622. The molecule has 32 heavy (non-hydrogen) atoms. The molecule has 2 aromatic carbocycles. The van der Waals surface area contributed by atoms with Gasteiger partial charge in [-0.15, -0.1) is 0 Å². The van der Waals surface area contributed by atoms with Crippen LogP contribution < -0.4 is 10.1 Å². The zero-order chi connectivity index (χ0) is 23.4. The van der Waals surface area contributed by atoms with E-state index in [0.717, 1.165) is 37.1 Å². The summed E-state index contributed by atoms with van der Waals surface area (Å²) in [6.45, 7) is -0.995. The number of benzene rings is 2. The number of hydrogen-bond donors (Lipinski definition) is 1. The van der Waals surface area contributed by atoms with Gasteiger partial charge in [0.05, 0.1) is 16.1 Å². The number of anilines is 1. The molecule has 1 saturated heterocycles. The highest BCUT2D eigenvalue weighted by molar-refractivity contribution is 7.89. The van der Waals surface area contributed by atoms with Crippen molar-refractivity contribution in [3.8, 4) is 5.75 Å². The smallest absolute Gasteiger partial charge is 0.422 e. The molecule has 1 N–H and O–H groups in total. The number of halogens is 4. The zero-order valence-electron chi connectivity index (χ0n) is 17.0. The Balaban J connectivity index is 1.95. The SMILES string of the molecule is O=C(Nc1cc(S(=O)(=O)N2CCCCCC2)ccc1OCC(F)(F)F)c1ccccc1F. The minimum Gasteiger partial charge on any atom is -0.482 e. The van der Waals surface area contributed by atoms with Crippen LogP contribution in [0, 0.1) is 5.82 Å². The molecule has 6 nitrogen and oxygen atoms in total. The lowest BCUT2D eigenvalue weighted by Crippen LogP contribution is -2.32. The first kappa shape index (κ1) is 24.0. The molecule has 11 heteroatoms. The van der Waals surface area contributed by atoms with Crippen molar-refractivity contribution in [2.45, 2.75) is 36.8 Å². The number of amides is 1. The molecule has 1 heterocycles. The molecule has 174 valence electrons. The average molecular weight is 474 g/mol. The van der Waals surface area contributed by atoms with E-state index in [9.17, 15) is 30.8 Å². The molecule has 0 aromatic heterocycles. The number of ether oxygens (including phenoxy) is 1. The Hall–Kier alpha value is -2.66. The average Bonchev–Trinajstić information content (AvgIpc) is 3.02. The van der Waals surface area contributed by atoms with Crippen molar-refractivity contribution in [1.29, 1.82) is 0 Å². The standard InChI is InChI=1S/C21H22F4N2O4S/c22-17-8-4-3-7-16(17)20(28)26-18-13-15(9-10-19(18)31-14-21(23,24)25)32(29,30)27-11-5-1-2-6-12-27/h3-4,7-10,13H,1-2,5-6,11-12,14H2,(H,26,28). The van der Waals surface area contributed by atoms with E-state index in [1.54, 1.807) is 0 Å². The molecule has 0 aliphatic carbocycles. The Morgan fingerprint density at radius 3 is 2.31 bits per heavy atom. The van der Waals surface area contributed by atoms with E-state index in [4.69, 9.17) is 4.74 Å². The van der Waals surface area contributed by atoms with Crippen LogP contribution in [0.4, 0.5) is 23.2 Å². The second kappa shape index (κ2) is 9.86. The molecule has 0 spiro atoms. The molecule has 0 bridgehead atoms. The van der Waals surface area contributed by atoms with Crippen LogP contribution in [0.1, 0.15) is 36.0 Å². The van der Waals surface area contributed by atoms with Gasteiger partial charge in [0, 0.05) is 13.1 Å². The molecule has 3 rings (SSSR count). The Morgan fingerprint density at radius 2 is 1.69 bits per heavy atom. The first-order valence-electron chi connectivity index (χ1n) is 9.97. The van der Waals surface area contributed by atoms with Crippen molar-refractivity contribution in [2.24, 2.45) is 0 Å². The van der Waals surface area contributed by atoms with Gasteiger partial charge in [-0.1, -0.05) is 25.0 Å². The van der Waals surface area contributed by atoms with E-state index in [-0.39, 0.29) is 21.9 Å². The summed E-state index contributed by atoms with van der Waals surface area (Å²) < 4.78 is 84.1. The maximum atomic E-state index is 14.0. The van der Waals surface area contributed by atoms with Gasteiger partial charge in [0.25, 0.3) is 5.91 Å². The maximum absolute atomic E-state index is 14.0. The fraction of sp³-hybridized carbons (Fsp3) is 0.381. The topological polar surface area (TPSA) is 75.7 Å². The fourth-order valence-electron chi connectivity index (χ4n) is 3.32. The van der Waals surface area contributed by atoms with Gasteiger partial charge in [-0.2, -0.15) is 17.5 Å². The number of rotatable bonds is 6. The third-order valence-electron chi connectivity index (χ3n) is 4.91. The van der Waals surface area contributed by atoms with Crippen LogP contribution >= 0.6 is 0 Å². The summed E-state index contributed by atoms with van der Waals surface area (Å²) in [6.07, 6.45) is -1.45. The molecule has 2 aromatic rings. The van der Waals surface area contributed by atoms with Gasteiger partial charge in [-0.3, -0.25) is 4.79 Å². The van der Waals surface area contributed by atoms with Gasteiger partial charge >= 0.3 is 6.18 Å². The van der Waals surface area contributed by atoms with Gasteiger partial charge in [0.15, 0.2) is 6.61 Å². The lowest BCUT2D eigenvalue weighted by atomic mass is 10.2. The van der Waals surface area contributed by atoms with Crippen LogP contribution in [0.3, 0.4) is 0 Å². The van der Waals surface area contributed by atoms with Crippen LogP contribution in [0.25, 0.3) is 0 Å². The van der Waals surface area contributed by atoms with Crippen molar-refractivity contribution >= 4 is 21.6 Å². The van der Waals surface area contributed by atoms with E-state index >= 15 is 0 Å². The highest BCUT2D eigenvalue weighted by Crippen LogP contribution is 2.32. The summed E-state index contributed by atoms with van der Waals surface area (Å²) in [7, 11) is -3.95.